The molecule has 0 atom stereocenters. The molecule has 0 saturated carbocycles. The number of carbonyl (C=O) groups excluding carboxylic acids is 3. The van der Waals surface area contributed by atoms with Crippen molar-refractivity contribution in [1.82, 2.24) is 14.7 Å². The Bertz CT molecular complexity index is 3080. The Balaban J connectivity index is 0.000000178. The molecule has 6 aromatic rings. The Morgan fingerprint density at radius 3 is 1.17 bits per heavy atom. The number of rotatable bonds is 22. The average Bonchev–Trinajstić information content (AvgIpc) is 3.52. The molecule has 0 spiro atoms. The van der Waals surface area contributed by atoms with Gasteiger partial charge >= 0.3 is 6.36 Å². The van der Waals surface area contributed by atoms with Gasteiger partial charge in [0.05, 0.1) is 0 Å². The first-order chi connectivity index (χ1) is 39.5. The second kappa shape index (κ2) is 31.5. The molecular formula is C68H75F4N3O7. The van der Waals surface area contributed by atoms with E-state index in [2.05, 4.69) is 68.9 Å². The fraction of sp³-hybridized carbons (Fsp3) is 0.338. The highest BCUT2D eigenvalue weighted by atomic mass is 19.4. The van der Waals surface area contributed by atoms with E-state index in [1.807, 2.05) is 12.1 Å². The van der Waals surface area contributed by atoms with Crippen LogP contribution in [0.4, 0.5) is 17.6 Å². The average molecular weight is 1120 g/mol. The summed E-state index contributed by atoms with van der Waals surface area (Å²) in [7, 11) is 0. The summed E-state index contributed by atoms with van der Waals surface area (Å²) < 4.78 is 53.5. The molecule has 6 aromatic carbocycles. The molecule has 0 fully saturated rings. The van der Waals surface area contributed by atoms with E-state index >= 15 is 0 Å². The van der Waals surface area contributed by atoms with E-state index in [0.29, 0.717) is 42.4 Å². The number of Topliss-reactive ketones (excluding diaryl/α,β-unsaturated/α-hetero) is 3. The molecule has 9 rings (SSSR count). The minimum atomic E-state index is -4.68. The van der Waals surface area contributed by atoms with Crippen LogP contribution in [0.5, 0.6) is 23.0 Å². The van der Waals surface area contributed by atoms with E-state index in [1.165, 1.54) is 64.2 Å². The zero-order chi connectivity index (χ0) is 58.3. The van der Waals surface area contributed by atoms with Gasteiger partial charge < -0.3 is 20.1 Å². The zero-order valence-electron chi connectivity index (χ0n) is 46.8. The van der Waals surface area contributed by atoms with Gasteiger partial charge in [-0.15, -0.1) is 13.2 Å². The molecule has 10 nitrogen and oxygen atoms in total. The molecule has 82 heavy (non-hydrogen) atoms. The van der Waals surface area contributed by atoms with Crippen LogP contribution in [0.25, 0.3) is 0 Å². The summed E-state index contributed by atoms with van der Waals surface area (Å²) in [5, 5.41) is 27.8. The minimum Gasteiger partial charge on any atom is -0.508 e. The van der Waals surface area contributed by atoms with Gasteiger partial charge in [-0.2, -0.15) is 0 Å². The molecule has 0 unspecified atom stereocenters. The van der Waals surface area contributed by atoms with E-state index in [0.717, 1.165) is 121 Å². The number of ether oxygens (including phenoxy) is 1. The Labute approximate surface area is 479 Å². The molecule has 0 amide bonds. The molecule has 3 heterocycles. The monoisotopic (exact) mass is 1120 g/mol. The third-order valence-corrected chi connectivity index (χ3v) is 15.0. The lowest BCUT2D eigenvalue weighted by atomic mass is 9.96. The van der Waals surface area contributed by atoms with Crippen LogP contribution in [0.3, 0.4) is 0 Å². The maximum atomic E-state index is 13.0. The van der Waals surface area contributed by atoms with E-state index in [9.17, 15) is 47.3 Å². The summed E-state index contributed by atoms with van der Waals surface area (Å²) in [5.74, 6) is 0.458. The summed E-state index contributed by atoms with van der Waals surface area (Å²) in [4.78, 5) is 43.5. The Morgan fingerprint density at radius 2 is 0.829 bits per heavy atom. The molecule has 0 radical (unpaired) electrons. The number of aromatic hydroxyl groups is 3. The van der Waals surface area contributed by atoms with Gasteiger partial charge in [-0.1, -0.05) is 83.5 Å². The van der Waals surface area contributed by atoms with Gasteiger partial charge in [0, 0.05) is 75.2 Å². The number of nitrogens with zero attached hydrogens (tertiary/aromatic N) is 3. The quantitative estimate of drug-likeness (QED) is 0.0343. The highest BCUT2D eigenvalue weighted by Crippen LogP contribution is 2.26. The van der Waals surface area contributed by atoms with E-state index in [-0.39, 0.29) is 46.2 Å². The summed E-state index contributed by atoms with van der Waals surface area (Å²) in [6.45, 7) is 10.5. The summed E-state index contributed by atoms with van der Waals surface area (Å²) in [6.07, 6.45) is 11.8. The number of phenolic OH excluding ortho intramolecular Hbond substituents is 3. The van der Waals surface area contributed by atoms with Crippen molar-refractivity contribution >= 4 is 17.3 Å². The predicted octanol–water partition coefficient (Wildman–Crippen LogP) is 14.0. The molecule has 3 N–H and O–H groups in total. The van der Waals surface area contributed by atoms with Gasteiger partial charge in [-0.3, -0.25) is 29.1 Å². The first-order valence-corrected chi connectivity index (χ1v) is 28.3. The summed E-state index contributed by atoms with van der Waals surface area (Å²) >= 11 is 0. The van der Waals surface area contributed by atoms with Crippen LogP contribution >= 0.6 is 0 Å². The maximum Gasteiger partial charge on any atom is 0.573 e. The smallest absolute Gasteiger partial charge is 0.508 e. The molecule has 3 aliphatic heterocycles. The maximum absolute atomic E-state index is 13.0. The van der Waals surface area contributed by atoms with Crippen molar-refractivity contribution in [2.45, 2.75) is 90.3 Å². The number of hydrogen-bond acceptors (Lipinski definition) is 10. The molecule has 432 valence electrons. The van der Waals surface area contributed by atoms with Crippen LogP contribution in [0, 0.1) is 12.7 Å². The molecular weight excluding hydrogens is 1050 g/mol. The van der Waals surface area contributed by atoms with Crippen LogP contribution < -0.4 is 4.74 Å². The van der Waals surface area contributed by atoms with Gasteiger partial charge in [0.1, 0.15) is 28.8 Å². The molecule has 0 aromatic heterocycles. The lowest BCUT2D eigenvalue weighted by Crippen LogP contribution is -2.30. The van der Waals surface area contributed by atoms with E-state index in [1.54, 1.807) is 72.8 Å². The number of ketones is 3. The van der Waals surface area contributed by atoms with E-state index in [4.69, 9.17) is 0 Å². The van der Waals surface area contributed by atoms with E-state index < -0.39 is 6.36 Å². The third kappa shape index (κ3) is 21.7. The highest BCUT2D eigenvalue weighted by molar-refractivity contribution is 5.97. The summed E-state index contributed by atoms with van der Waals surface area (Å²) in [5.41, 5.74) is 11.0. The molecule has 14 heteroatoms. The van der Waals surface area contributed by atoms with Crippen molar-refractivity contribution in [3.63, 3.8) is 0 Å². The second-order valence-corrected chi connectivity index (χ2v) is 21.2. The lowest BCUT2D eigenvalue weighted by Gasteiger charge is -2.26. The number of carbonyl (C=O) groups is 3. The van der Waals surface area contributed by atoms with Gasteiger partial charge in [0.25, 0.3) is 0 Å². The van der Waals surface area contributed by atoms with Crippen LogP contribution in [-0.2, 0) is 19.3 Å². The minimum absolute atomic E-state index is 0.0705. The molecule has 0 bridgehead atoms. The van der Waals surface area contributed by atoms with Gasteiger partial charge in [-0.25, -0.2) is 4.39 Å². The number of benzene rings is 6. The number of alkyl halides is 3. The van der Waals surface area contributed by atoms with Crippen LogP contribution in [0.15, 0.2) is 181 Å². The van der Waals surface area contributed by atoms with Crippen molar-refractivity contribution in [1.29, 1.82) is 0 Å². The lowest BCUT2D eigenvalue weighted by molar-refractivity contribution is -0.274. The standard InChI is InChI=1S/C23H24F3NO3.C23H27NO2.C22H24FNO2/c24-23(25,26)30-21-9-3-17(4-10-21)16-18-11-14-27(15-12-18)13-1-2-22(29)19-5-7-20(28)8-6-19;1-18-5-2-3-6-21(18)17-19-12-15-24(16-13-19)14-4-7-23(26)20-8-10-22(25)11-9-20;23-20-7-3-17(4-8-20)16-18-11-14-24(15-12-18)13-1-2-22(26)19-5-9-21(25)10-6-19/h3-11,28H,1-2,12-16H2;2-3,5-6,8-12,25H,4,7,13-17H2,1H3;3-11,25H,1-2,12-16H2. The molecule has 0 saturated heterocycles. The van der Waals surface area contributed by atoms with Gasteiger partial charge in [0.2, 0.25) is 0 Å². The second-order valence-electron chi connectivity index (χ2n) is 21.2. The Morgan fingerprint density at radius 1 is 0.476 bits per heavy atom. The molecule has 3 aliphatic rings. The first-order valence-electron chi connectivity index (χ1n) is 28.3. The van der Waals surface area contributed by atoms with Crippen molar-refractivity contribution < 1.29 is 52.0 Å². The number of hydrogen-bond donors (Lipinski definition) is 3. The normalized spacial score (nSPS) is 14.9. The van der Waals surface area contributed by atoms with Crippen molar-refractivity contribution in [2.24, 2.45) is 0 Å². The van der Waals surface area contributed by atoms with Crippen molar-refractivity contribution in [3.8, 4) is 23.0 Å². The summed E-state index contributed by atoms with van der Waals surface area (Å²) in [6, 6.07) is 40.6. The van der Waals surface area contributed by atoms with Crippen molar-refractivity contribution in [3.05, 3.63) is 225 Å². The third-order valence-electron chi connectivity index (χ3n) is 15.0. The van der Waals surface area contributed by atoms with Gasteiger partial charge in [0.15, 0.2) is 17.3 Å². The van der Waals surface area contributed by atoms with Crippen LogP contribution in [-0.4, -0.2) is 113 Å². The Hall–Kier alpha value is -7.65. The number of halogens is 4. The van der Waals surface area contributed by atoms with Crippen LogP contribution in [0.2, 0.25) is 0 Å². The highest BCUT2D eigenvalue weighted by Gasteiger charge is 2.31. The zero-order valence-corrected chi connectivity index (χ0v) is 46.8. The SMILES string of the molecule is Cc1ccccc1CC1=CCN(CCCC(=O)c2ccc(O)cc2)CC1.O=C(CCCN1CC=C(Cc2ccc(F)cc2)CC1)c1ccc(O)cc1.O=C(CCCN1CC=C(Cc2ccc(OC(F)(F)F)cc2)CC1)c1ccc(O)cc1. The predicted molar refractivity (Wildman–Crippen MR) is 314 cm³/mol. The van der Waals surface area contributed by atoms with Gasteiger partial charge in [-0.05, 0) is 204 Å². The topological polar surface area (TPSA) is 131 Å². The largest absolute Gasteiger partial charge is 0.573 e. The fourth-order valence-corrected chi connectivity index (χ4v) is 10.1. The Kier molecular flexibility index (Phi) is 23.8. The first kappa shape index (κ1) is 62.0. The fourth-order valence-electron chi connectivity index (χ4n) is 10.1. The van der Waals surface area contributed by atoms with Crippen molar-refractivity contribution in [2.75, 3.05) is 58.9 Å². The van der Waals surface area contributed by atoms with Crippen LogP contribution in [0.1, 0.15) is 111 Å². The molecule has 0 aliphatic carbocycles. The number of aryl methyl sites for hydroxylation is 1. The number of phenols is 3.